The number of rotatable bonds is 4. The lowest BCUT2D eigenvalue weighted by Crippen LogP contribution is -2.07. The minimum atomic E-state index is 0.507. The molecule has 7 rings (SSSR count). The highest BCUT2D eigenvalue weighted by molar-refractivity contribution is 6.08. The van der Waals surface area contributed by atoms with Crippen LogP contribution in [0.4, 0.5) is 0 Å². The van der Waals surface area contributed by atoms with E-state index < -0.39 is 0 Å². The molecule has 0 unspecified atom stereocenters. The Labute approximate surface area is 230 Å². The number of nitrogens with zero attached hydrogens (tertiary/aromatic N) is 2. The fraction of sp³-hybridized carbons (Fsp3) is 0.189. The molecular formula is C37H32N2. The SMILES string of the molecule is Cc1ccc2ccc3c(-c4cc(-c5ccccc5)cc(-c5ccccc5)c4)cc(C4CCCCC4)nc3c2n1. The molecule has 6 aromatic rings. The molecule has 39 heavy (non-hydrogen) atoms. The monoisotopic (exact) mass is 504 g/mol. The van der Waals surface area contributed by atoms with E-state index in [9.17, 15) is 0 Å². The highest BCUT2D eigenvalue weighted by Crippen LogP contribution is 2.40. The third-order valence-corrected chi connectivity index (χ3v) is 8.28. The Bertz CT molecular complexity index is 1720. The Balaban J connectivity index is 1.52. The molecule has 0 amide bonds. The largest absolute Gasteiger partial charge is 0.251 e. The normalized spacial score (nSPS) is 14.2. The third kappa shape index (κ3) is 4.61. The predicted octanol–water partition coefficient (Wildman–Crippen LogP) is 10.1. The van der Waals surface area contributed by atoms with Gasteiger partial charge in [-0.25, -0.2) is 0 Å². The van der Waals surface area contributed by atoms with Crippen LogP contribution in [-0.2, 0) is 0 Å². The molecule has 1 saturated carbocycles. The van der Waals surface area contributed by atoms with E-state index in [2.05, 4.69) is 116 Å². The zero-order chi connectivity index (χ0) is 26.2. The topological polar surface area (TPSA) is 25.8 Å². The first-order valence-electron chi connectivity index (χ1n) is 14.2. The van der Waals surface area contributed by atoms with Crippen LogP contribution in [0.3, 0.4) is 0 Å². The van der Waals surface area contributed by atoms with Crippen LogP contribution >= 0.6 is 0 Å². The number of pyridine rings is 2. The Morgan fingerprint density at radius 2 is 1.15 bits per heavy atom. The number of benzene rings is 4. The molecule has 2 nitrogen and oxygen atoms in total. The molecule has 0 saturated heterocycles. The lowest BCUT2D eigenvalue weighted by Gasteiger charge is -2.23. The first-order valence-corrected chi connectivity index (χ1v) is 14.2. The summed E-state index contributed by atoms with van der Waals surface area (Å²) in [7, 11) is 0. The first-order chi connectivity index (χ1) is 19.2. The Hall–Kier alpha value is -4.30. The van der Waals surface area contributed by atoms with Crippen LogP contribution in [0.15, 0.2) is 109 Å². The summed E-state index contributed by atoms with van der Waals surface area (Å²) in [5, 5.41) is 2.32. The number of hydrogen-bond donors (Lipinski definition) is 0. The van der Waals surface area contributed by atoms with Crippen LogP contribution in [0.5, 0.6) is 0 Å². The van der Waals surface area contributed by atoms with Crippen LogP contribution in [0, 0.1) is 6.92 Å². The van der Waals surface area contributed by atoms with E-state index >= 15 is 0 Å². The van der Waals surface area contributed by atoms with Crippen molar-refractivity contribution in [3.63, 3.8) is 0 Å². The molecule has 0 bridgehead atoms. The predicted molar refractivity (Wildman–Crippen MR) is 164 cm³/mol. The van der Waals surface area contributed by atoms with Crippen LogP contribution in [0.1, 0.15) is 49.4 Å². The van der Waals surface area contributed by atoms with E-state index in [0.29, 0.717) is 5.92 Å². The second-order valence-electron chi connectivity index (χ2n) is 10.9. The first kappa shape index (κ1) is 23.8. The highest BCUT2D eigenvalue weighted by atomic mass is 14.8. The van der Waals surface area contributed by atoms with Gasteiger partial charge in [-0.15, -0.1) is 0 Å². The fourth-order valence-corrected chi connectivity index (χ4v) is 6.21. The molecule has 0 radical (unpaired) electrons. The molecule has 0 spiro atoms. The molecular weight excluding hydrogens is 472 g/mol. The number of hydrogen-bond acceptors (Lipinski definition) is 2. The Kier molecular flexibility index (Phi) is 6.17. The summed E-state index contributed by atoms with van der Waals surface area (Å²) < 4.78 is 0. The minimum absolute atomic E-state index is 0.507. The van der Waals surface area contributed by atoms with Gasteiger partial charge in [-0.05, 0) is 83.5 Å². The molecule has 2 heterocycles. The molecule has 0 N–H and O–H groups in total. The van der Waals surface area contributed by atoms with Crippen molar-refractivity contribution in [2.75, 3.05) is 0 Å². The molecule has 1 fully saturated rings. The van der Waals surface area contributed by atoms with E-state index in [1.165, 1.54) is 76.6 Å². The molecule has 190 valence electrons. The van der Waals surface area contributed by atoms with Crippen molar-refractivity contribution in [3.05, 3.63) is 121 Å². The summed E-state index contributed by atoms with van der Waals surface area (Å²) in [5.74, 6) is 0.507. The lowest BCUT2D eigenvalue weighted by molar-refractivity contribution is 0.437. The standard InChI is InChI=1S/C37H32N2/c1-25-17-18-29-19-20-33-34(24-35(28-15-9-4-10-16-28)39-37(33)36(29)38-25)32-22-30(26-11-5-2-6-12-26)21-31(23-32)27-13-7-3-8-14-27/h2-3,5-8,11-14,17-24,28H,4,9-10,15-16H2,1H3. The van der Waals surface area contributed by atoms with Crippen LogP contribution in [0.2, 0.25) is 0 Å². The number of aromatic nitrogens is 2. The van der Waals surface area contributed by atoms with Gasteiger partial charge in [0.05, 0.1) is 11.0 Å². The van der Waals surface area contributed by atoms with Crippen molar-refractivity contribution in [1.82, 2.24) is 9.97 Å². The molecule has 1 aliphatic rings. The summed E-state index contributed by atoms with van der Waals surface area (Å²) in [5.41, 5.74) is 11.7. The van der Waals surface area contributed by atoms with Gasteiger partial charge in [-0.1, -0.05) is 98.1 Å². The van der Waals surface area contributed by atoms with E-state index in [-0.39, 0.29) is 0 Å². The quantitative estimate of drug-likeness (QED) is 0.223. The van der Waals surface area contributed by atoms with E-state index in [1.54, 1.807) is 0 Å². The third-order valence-electron chi connectivity index (χ3n) is 8.28. The van der Waals surface area contributed by atoms with Gasteiger partial charge in [0.25, 0.3) is 0 Å². The van der Waals surface area contributed by atoms with Crippen molar-refractivity contribution >= 4 is 21.8 Å². The van der Waals surface area contributed by atoms with Gasteiger partial charge >= 0.3 is 0 Å². The van der Waals surface area contributed by atoms with Crippen LogP contribution in [0.25, 0.3) is 55.2 Å². The maximum atomic E-state index is 5.35. The van der Waals surface area contributed by atoms with Gasteiger partial charge in [0.2, 0.25) is 0 Å². The summed E-state index contributed by atoms with van der Waals surface area (Å²) in [6, 6.07) is 39.6. The summed E-state index contributed by atoms with van der Waals surface area (Å²) in [6.07, 6.45) is 6.34. The van der Waals surface area contributed by atoms with Gasteiger partial charge in [0.15, 0.2) is 0 Å². The van der Waals surface area contributed by atoms with E-state index in [4.69, 9.17) is 9.97 Å². The average molecular weight is 505 g/mol. The molecule has 4 aromatic carbocycles. The maximum absolute atomic E-state index is 5.35. The van der Waals surface area contributed by atoms with Gasteiger partial charge < -0.3 is 0 Å². The smallest absolute Gasteiger partial charge is 0.0974 e. The van der Waals surface area contributed by atoms with Gasteiger partial charge in [-0.3, -0.25) is 9.97 Å². The zero-order valence-corrected chi connectivity index (χ0v) is 22.4. The fourth-order valence-electron chi connectivity index (χ4n) is 6.21. The van der Waals surface area contributed by atoms with Crippen molar-refractivity contribution < 1.29 is 0 Å². The summed E-state index contributed by atoms with van der Waals surface area (Å²) >= 11 is 0. The van der Waals surface area contributed by atoms with E-state index in [0.717, 1.165) is 22.1 Å². The Morgan fingerprint density at radius 1 is 0.538 bits per heavy atom. The van der Waals surface area contributed by atoms with Crippen molar-refractivity contribution in [1.29, 1.82) is 0 Å². The maximum Gasteiger partial charge on any atom is 0.0974 e. The number of aryl methyl sites for hydroxylation is 1. The van der Waals surface area contributed by atoms with Gasteiger partial charge in [0.1, 0.15) is 0 Å². The highest BCUT2D eigenvalue weighted by Gasteiger charge is 2.21. The second-order valence-corrected chi connectivity index (χ2v) is 10.9. The van der Waals surface area contributed by atoms with Crippen molar-refractivity contribution in [2.45, 2.75) is 44.9 Å². The molecule has 0 aliphatic heterocycles. The summed E-state index contributed by atoms with van der Waals surface area (Å²) in [6.45, 7) is 2.07. The van der Waals surface area contributed by atoms with Crippen LogP contribution in [-0.4, -0.2) is 9.97 Å². The molecule has 2 aromatic heterocycles. The molecule has 0 atom stereocenters. The zero-order valence-electron chi connectivity index (χ0n) is 22.4. The number of fused-ring (bicyclic) bond motifs is 3. The second kappa shape index (κ2) is 10.1. The van der Waals surface area contributed by atoms with Crippen LogP contribution < -0.4 is 0 Å². The van der Waals surface area contributed by atoms with Gasteiger partial charge in [-0.2, -0.15) is 0 Å². The average Bonchev–Trinajstić information content (AvgIpc) is 3.01. The van der Waals surface area contributed by atoms with Crippen molar-refractivity contribution in [2.24, 2.45) is 0 Å². The summed E-state index contributed by atoms with van der Waals surface area (Å²) in [4.78, 5) is 10.3. The lowest BCUT2D eigenvalue weighted by atomic mass is 9.84. The molecule has 2 heteroatoms. The van der Waals surface area contributed by atoms with E-state index in [1.807, 2.05) is 0 Å². The van der Waals surface area contributed by atoms with Crippen molar-refractivity contribution in [3.8, 4) is 33.4 Å². The van der Waals surface area contributed by atoms with Gasteiger partial charge in [0, 0.05) is 28.1 Å². The molecule has 1 aliphatic carbocycles. The Morgan fingerprint density at radius 3 is 1.82 bits per heavy atom. The minimum Gasteiger partial charge on any atom is -0.251 e.